The minimum atomic E-state index is -0.748. The fourth-order valence-electron chi connectivity index (χ4n) is 4.96. The van der Waals surface area contributed by atoms with Crippen molar-refractivity contribution >= 4 is 23.0 Å². The van der Waals surface area contributed by atoms with Gasteiger partial charge in [-0.2, -0.15) is 0 Å². The third kappa shape index (κ3) is 4.78. The van der Waals surface area contributed by atoms with Crippen LogP contribution in [0.4, 0.5) is 14.5 Å². The van der Waals surface area contributed by atoms with E-state index in [1.165, 1.54) is 12.1 Å². The number of hydrogen-bond donors (Lipinski definition) is 4. The summed E-state index contributed by atoms with van der Waals surface area (Å²) in [5, 5.41) is 12.5. The van der Waals surface area contributed by atoms with Crippen molar-refractivity contribution in [3.8, 4) is 16.9 Å². The molecule has 0 fully saturated rings. The number of unbranched alkanes of at least 4 members (excludes halogenated alkanes) is 1. The number of fused-ring (bicyclic) bond motifs is 1. The van der Waals surface area contributed by atoms with Crippen LogP contribution < -0.4 is 21.5 Å². The molecule has 8 heteroatoms. The van der Waals surface area contributed by atoms with E-state index in [0.29, 0.717) is 29.8 Å². The van der Waals surface area contributed by atoms with Gasteiger partial charge in [-0.05, 0) is 55.1 Å². The number of nitrogens with one attached hydrogen (secondary N) is 1. The summed E-state index contributed by atoms with van der Waals surface area (Å²) in [4.78, 5) is 0. The maximum atomic E-state index is 15.9. The molecule has 1 aliphatic rings. The molecule has 0 aliphatic carbocycles. The summed E-state index contributed by atoms with van der Waals surface area (Å²) in [6.07, 6.45) is 2.87. The number of benzene rings is 3. The van der Waals surface area contributed by atoms with Gasteiger partial charge in [0.15, 0.2) is 11.6 Å². The van der Waals surface area contributed by atoms with Gasteiger partial charge in [0, 0.05) is 34.5 Å². The van der Waals surface area contributed by atoms with Crippen molar-refractivity contribution in [1.82, 2.24) is 0 Å². The molecular formula is C28H30ClF2N3O2. The zero-order valence-electron chi connectivity index (χ0n) is 19.9. The first kappa shape index (κ1) is 25.9. The second kappa shape index (κ2) is 10.9. The van der Waals surface area contributed by atoms with E-state index >= 15 is 8.78 Å². The van der Waals surface area contributed by atoms with Crippen LogP contribution in [0.2, 0.25) is 5.02 Å². The molecule has 4 rings (SSSR count). The Bertz CT molecular complexity index is 1270. The number of hydrogen-bond acceptors (Lipinski definition) is 5. The van der Waals surface area contributed by atoms with E-state index in [0.717, 1.165) is 24.8 Å². The fraction of sp³-hybridized carbons (Fsp3) is 0.286. The Kier molecular flexibility index (Phi) is 7.83. The summed E-state index contributed by atoms with van der Waals surface area (Å²) in [6.45, 7) is 3.96. The highest BCUT2D eigenvalue weighted by molar-refractivity contribution is 6.34. The molecule has 0 saturated heterocycles. The molecule has 0 amide bonds. The second-order valence-corrected chi connectivity index (χ2v) is 9.34. The van der Waals surface area contributed by atoms with Crippen LogP contribution in [-0.2, 0) is 12.0 Å². The summed E-state index contributed by atoms with van der Waals surface area (Å²) in [5.41, 5.74) is 14.1. The van der Waals surface area contributed by atoms with Crippen molar-refractivity contribution < 1.29 is 18.6 Å². The molecule has 0 saturated carbocycles. The molecule has 3 aromatic rings. The Hall–Kier alpha value is -3.13. The Morgan fingerprint density at radius 2 is 1.89 bits per heavy atom. The van der Waals surface area contributed by atoms with Crippen molar-refractivity contribution in [2.75, 3.05) is 25.1 Å². The Morgan fingerprint density at radius 1 is 1.14 bits per heavy atom. The van der Waals surface area contributed by atoms with Gasteiger partial charge in [-0.3, -0.25) is 0 Å². The molecule has 1 atom stereocenters. The largest absolute Gasteiger partial charge is 0.488 e. The summed E-state index contributed by atoms with van der Waals surface area (Å²) >= 11 is 6.55. The van der Waals surface area contributed by atoms with E-state index in [1.54, 1.807) is 6.07 Å². The number of halogens is 3. The lowest BCUT2D eigenvalue weighted by molar-refractivity contribution is 0.196. The van der Waals surface area contributed by atoms with Crippen molar-refractivity contribution in [3.05, 3.63) is 88.5 Å². The molecule has 0 spiro atoms. The molecule has 0 radical (unpaired) electrons. The smallest absolute Gasteiger partial charge is 0.173 e. The summed E-state index contributed by atoms with van der Waals surface area (Å²) in [7, 11) is 0. The molecule has 36 heavy (non-hydrogen) atoms. The lowest BCUT2D eigenvalue weighted by atomic mass is 9.81. The van der Waals surface area contributed by atoms with E-state index in [1.807, 2.05) is 30.3 Å². The van der Waals surface area contributed by atoms with E-state index in [4.69, 9.17) is 32.9 Å². The van der Waals surface area contributed by atoms with Crippen LogP contribution in [0.5, 0.6) is 5.75 Å². The molecule has 1 heterocycles. The van der Waals surface area contributed by atoms with E-state index in [9.17, 15) is 0 Å². The average molecular weight is 514 g/mol. The van der Waals surface area contributed by atoms with Crippen molar-refractivity contribution in [1.29, 1.82) is 0 Å². The van der Waals surface area contributed by atoms with Gasteiger partial charge >= 0.3 is 0 Å². The fourth-order valence-corrected chi connectivity index (χ4v) is 5.22. The monoisotopic (exact) mass is 513 g/mol. The average Bonchev–Trinajstić information content (AvgIpc) is 3.24. The maximum Gasteiger partial charge on any atom is 0.173 e. The molecule has 1 unspecified atom stereocenters. The molecule has 190 valence electrons. The van der Waals surface area contributed by atoms with Crippen molar-refractivity contribution in [3.63, 3.8) is 0 Å². The van der Waals surface area contributed by atoms with Gasteiger partial charge in [0.05, 0.1) is 17.2 Å². The van der Waals surface area contributed by atoms with Gasteiger partial charge in [0.2, 0.25) is 0 Å². The van der Waals surface area contributed by atoms with Gasteiger partial charge < -0.3 is 26.6 Å². The molecule has 6 N–H and O–H groups in total. The number of nitrogens with two attached hydrogens (primary N) is 2. The second-order valence-electron chi connectivity index (χ2n) is 8.97. The van der Waals surface area contributed by atoms with Crippen LogP contribution in [0.1, 0.15) is 36.0 Å². The number of anilines is 1. The van der Waals surface area contributed by atoms with Gasteiger partial charge in [-0.1, -0.05) is 48.5 Å². The Balaban J connectivity index is 1.93. The van der Waals surface area contributed by atoms with Crippen LogP contribution in [0.25, 0.3) is 16.8 Å². The molecule has 3 aromatic carbocycles. The van der Waals surface area contributed by atoms with Crippen molar-refractivity contribution in [2.24, 2.45) is 11.5 Å². The third-order valence-corrected chi connectivity index (χ3v) is 6.98. The minimum absolute atomic E-state index is 0.0197. The molecular weight excluding hydrogens is 484 g/mol. The van der Waals surface area contributed by atoms with Gasteiger partial charge in [-0.15, -0.1) is 0 Å². The number of rotatable bonds is 10. The van der Waals surface area contributed by atoms with E-state index in [2.05, 4.69) is 11.9 Å². The zero-order valence-corrected chi connectivity index (χ0v) is 20.7. The predicted octanol–water partition coefficient (Wildman–Crippen LogP) is 5.58. The third-order valence-electron chi connectivity index (χ3n) is 6.62. The lowest BCUT2D eigenvalue weighted by Gasteiger charge is -2.31. The summed E-state index contributed by atoms with van der Waals surface area (Å²) in [5.74, 6) is -1.53. The number of aliphatic hydroxyl groups is 1. The minimum Gasteiger partial charge on any atom is -0.488 e. The Labute approximate surface area is 214 Å². The molecule has 5 nitrogen and oxygen atoms in total. The van der Waals surface area contributed by atoms with E-state index in [-0.39, 0.29) is 40.8 Å². The molecule has 0 aromatic heterocycles. The lowest BCUT2D eigenvalue weighted by Crippen LogP contribution is -2.33. The first-order valence-electron chi connectivity index (χ1n) is 11.9. The topological polar surface area (TPSA) is 93.5 Å². The van der Waals surface area contributed by atoms with Gasteiger partial charge in [0.1, 0.15) is 12.4 Å². The van der Waals surface area contributed by atoms with Crippen LogP contribution >= 0.6 is 11.6 Å². The van der Waals surface area contributed by atoms with Crippen molar-refractivity contribution in [2.45, 2.75) is 31.2 Å². The summed E-state index contributed by atoms with van der Waals surface area (Å²) in [6, 6.07) is 14.2. The number of aliphatic hydroxyl groups excluding tert-OH is 1. The van der Waals surface area contributed by atoms with Crippen LogP contribution in [0, 0.1) is 11.6 Å². The maximum absolute atomic E-state index is 15.9. The molecule has 0 bridgehead atoms. The summed E-state index contributed by atoms with van der Waals surface area (Å²) < 4.78 is 36.5. The molecule has 1 aliphatic heterocycles. The normalized spacial score (nSPS) is 16.5. The van der Waals surface area contributed by atoms with Gasteiger partial charge in [0.25, 0.3) is 0 Å². The standard InChI is InChI=1S/C28H30ClF2N3O2/c1-17(33)19-9-10-23(36-14-13-35)27(31)25(19)24-20-16-28(11-5-6-12-32,18-7-3-2-4-8-18)34-22(20)15-21(30)26(24)29/h2-4,7-10,15,34-35H,1,5-6,11-14,16,32-33H2. The van der Waals surface area contributed by atoms with Crippen LogP contribution in [0.3, 0.4) is 0 Å². The van der Waals surface area contributed by atoms with Gasteiger partial charge in [-0.25, -0.2) is 8.78 Å². The highest BCUT2D eigenvalue weighted by Crippen LogP contribution is 2.51. The van der Waals surface area contributed by atoms with Crippen LogP contribution in [0.15, 0.2) is 55.1 Å². The zero-order chi connectivity index (χ0) is 25.9. The van der Waals surface area contributed by atoms with E-state index < -0.39 is 17.2 Å². The SMILES string of the molecule is C=C(N)c1ccc(OCCO)c(F)c1-c1c(Cl)c(F)cc2c1CC(CCCCN)(c1ccccc1)N2. The highest BCUT2D eigenvalue weighted by atomic mass is 35.5. The Morgan fingerprint density at radius 3 is 2.56 bits per heavy atom. The first-order valence-corrected chi connectivity index (χ1v) is 12.3. The number of ether oxygens (including phenoxy) is 1. The van der Waals surface area contributed by atoms with Crippen LogP contribution in [-0.4, -0.2) is 24.9 Å². The first-order chi connectivity index (χ1) is 17.3. The quantitative estimate of drug-likeness (QED) is 0.266. The predicted molar refractivity (Wildman–Crippen MR) is 141 cm³/mol. The highest BCUT2D eigenvalue weighted by Gasteiger charge is 2.41.